The number of aryl methyl sites for hydroxylation is 1. The van der Waals surface area contributed by atoms with Gasteiger partial charge in [0.05, 0.1) is 12.2 Å². The van der Waals surface area contributed by atoms with E-state index in [9.17, 15) is 5.11 Å². The molecule has 2 nitrogen and oxygen atoms in total. The normalized spacial score (nSPS) is 27.9. The number of fused-ring (bicyclic) bond motifs is 1. The third-order valence-electron chi connectivity index (χ3n) is 4.30. The van der Waals surface area contributed by atoms with Crippen LogP contribution in [0.15, 0.2) is 18.2 Å². The zero-order valence-corrected chi connectivity index (χ0v) is 13.3. The van der Waals surface area contributed by atoms with Crippen LogP contribution in [0.25, 0.3) is 0 Å². The molecule has 1 aromatic carbocycles. The fourth-order valence-corrected chi connectivity index (χ4v) is 4.83. The number of ether oxygens (including phenoxy) is 1. The van der Waals surface area contributed by atoms with Gasteiger partial charge in [0, 0.05) is 12.2 Å². The van der Waals surface area contributed by atoms with Crippen molar-refractivity contribution in [2.45, 2.75) is 45.1 Å². The maximum Gasteiger partial charge on any atom is 0.122 e. The molecule has 2 aliphatic heterocycles. The maximum atomic E-state index is 10.8. The van der Waals surface area contributed by atoms with Gasteiger partial charge in [-0.1, -0.05) is 26.0 Å². The Labute approximate surface area is 125 Å². The predicted octanol–water partition coefficient (Wildman–Crippen LogP) is 3.45. The Kier molecular flexibility index (Phi) is 3.76. The van der Waals surface area contributed by atoms with E-state index in [1.54, 1.807) is 0 Å². The van der Waals surface area contributed by atoms with Crippen molar-refractivity contribution in [3.05, 3.63) is 29.3 Å². The van der Waals surface area contributed by atoms with Gasteiger partial charge in [0.1, 0.15) is 5.75 Å². The van der Waals surface area contributed by atoms with E-state index in [2.05, 4.69) is 32.0 Å². The lowest BCUT2D eigenvalue weighted by Gasteiger charge is -2.41. The van der Waals surface area contributed by atoms with Crippen LogP contribution in [0.4, 0.5) is 0 Å². The van der Waals surface area contributed by atoms with Gasteiger partial charge in [-0.25, -0.2) is 0 Å². The van der Waals surface area contributed by atoms with Crippen molar-refractivity contribution in [3.63, 3.8) is 0 Å². The molecule has 1 N–H and O–H groups in total. The van der Waals surface area contributed by atoms with Crippen LogP contribution in [-0.2, 0) is 12.8 Å². The predicted molar refractivity (Wildman–Crippen MR) is 84.6 cm³/mol. The second-order valence-electron chi connectivity index (χ2n) is 7.10. The van der Waals surface area contributed by atoms with E-state index in [0.29, 0.717) is 0 Å². The second kappa shape index (κ2) is 5.27. The van der Waals surface area contributed by atoms with Gasteiger partial charge in [0.25, 0.3) is 0 Å². The summed E-state index contributed by atoms with van der Waals surface area (Å²) in [6.07, 6.45) is 3.76. The van der Waals surface area contributed by atoms with E-state index in [0.717, 1.165) is 49.5 Å². The summed E-state index contributed by atoms with van der Waals surface area (Å²) in [6.45, 7) is 5.33. The van der Waals surface area contributed by atoms with Crippen LogP contribution in [0.5, 0.6) is 5.75 Å². The molecule has 1 aromatic rings. The standard InChI is InChI=1S/C17H24O2S/c1-16(2)10-17(18,12-20-11-16)7-5-13-3-4-15-14(9-13)6-8-19-15/h3-4,9,18H,5-8,10-12H2,1-2H3. The molecular formula is C17H24O2S. The van der Waals surface area contributed by atoms with Gasteiger partial charge in [-0.3, -0.25) is 0 Å². The van der Waals surface area contributed by atoms with Crippen LogP contribution < -0.4 is 4.74 Å². The van der Waals surface area contributed by atoms with Gasteiger partial charge in [-0.15, -0.1) is 0 Å². The summed E-state index contributed by atoms with van der Waals surface area (Å²) in [5.74, 6) is 3.08. The smallest absolute Gasteiger partial charge is 0.122 e. The summed E-state index contributed by atoms with van der Waals surface area (Å²) in [5.41, 5.74) is 2.41. The molecular weight excluding hydrogens is 268 g/mol. The number of thioether (sulfide) groups is 1. The summed E-state index contributed by atoms with van der Waals surface area (Å²) in [6, 6.07) is 6.49. The van der Waals surface area contributed by atoms with Crippen molar-refractivity contribution in [1.82, 2.24) is 0 Å². The van der Waals surface area contributed by atoms with Crippen LogP contribution in [-0.4, -0.2) is 28.8 Å². The van der Waals surface area contributed by atoms with Gasteiger partial charge >= 0.3 is 0 Å². The zero-order chi connectivity index (χ0) is 14.2. The fourth-order valence-electron chi connectivity index (χ4n) is 3.44. The largest absolute Gasteiger partial charge is 0.493 e. The summed E-state index contributed by atoms with van der Waals surface area (Å²) in [4.78, 5) is 0. The van der Waals surface area contributed by atoms with Crippen molar-refractivity contribution in [3.8, 4) is 5.75 Å². The fraction of sp³-hybridized carbons (Fsp3) is 0.647. The molecule has 20 heavy (non-hydrogen) atoms. The molecule has 0 bridgehead atoms. The van der Waals surface area contributed by atoms with E-state index in [1.165, 1.54) is 11.1 Å². The number of benzene rings is 1. The van der Waals surface area contributed by atoms with Gasteiger partial charge in [0.2, 0.25) is 0 Å². The first-order valence-electron chi connectivity index (χ1n) is 7.51. The van der Waals surface area contributed by atoms with Gasteiger partial charge in [-0.05, 0) is 47.6 Å². The number of hydrogen-bond donors (Lipinski definition) is 1. The average Bonchev–Trinajstić information content (AvgIpc) is 2.82. The quantitative estimate of drug-likeness (QED) is 0.925. The Morgan fingerprint density at radius 3 is 2.95 bits per heavy atom. The number of aliphatic hydroxyl groups is 1. The molecule has 1 saturated heterocycles. The third kappa shape index (κ3) is 3.15. The van der Waals surface area contributed by atoms with Gasteiger partial charge in [0.15, 0.2) is 0 Å². The van der Waals surface area contributed by atoms with Gasteiger partial charge < -0.3 is 9.84 Å². The van der Waals surface area contributed by atoms with Crippen molar-refractivity contribution < 1.29 is 9.84 Å². The summed E-state index contributed by atoms with van der Waals surface area (Å²) < 4.78 is 5.54. The van der Waals surface area contributed by atoms with E-state index in [-0.39, 0.29) is 5.41 Å². The number of rotatable bonds is 3. The molecule has 0 spiro atoms. The second-order valence-corrected chi connectivity index (χ2v) is 8.08. The third-order valence-corrected chi connectivity index (χ3v) is 6.03. The SMILES string of the molecule is CC1(C)CSCC(O)(CCc2ccc3c(c2)CCO3)C1. The molecule has 0 aliphatic carbocycles. The monoisotopic (exact) mass is 292 g/mol. The first-order valence-corrected chi connectivity index (χ1v) is 8.66. The lowest BCUT2D eigenvalue weighted by atomic mass is 9.79. The highest BCUT2D eigenvalue weighted by atomic mass is 32.2. The van der Waals surface area contributed by atoms with Crippen molar-refractivity contribution in [2.24, 2.45) is 5.41 Å². The zero-order valence-electron chi connectivity index (χ0n) is 12.4. The summed E-state index contributed by atoms with van der Waals surface area (Å²) >= 11 is 1.89. The molecule has 0 radical (unpaired) electrons. The van der Waals surface area contributed by atoms with Crippen LogP contribution in [0, 0.1) is 5.41 Å². The first-order chi connectivity index (χ1) is 9.46. The average molecular weight is 292 g/mol. The Hall–Kier alpha value is -0.670. The molecule has 2 heterocycles. The number of hydrogen-bond acceptors (Lipinski definition) is 3. The lowest BCUT2D eigenvalue weighted by Crippen LogP contribution is -2.42. The molecule has 2 aliphatic rings. The minimum absolute atomic E-state index is 0.253. The molecule has 3 heteroatoms. The molecule has 110 valence electrons. The lowest BCUT2D eigenvalue weighted by molar-refractivity contribution is 0.0122. The van der Waals surface area contributed by atoms with E-state index in [4.69, 9.17) is 4.74 Å². The van der Waals surface area contributed by atoms with Gasteiger partial charge in [-0.2, -0.15) is 11.8 Å². The Morgan fingerprint density at radius 2 is 2.15 bits per heavy atom. The summed E-state index contributed by atoms with van der Waals surface area (Å²) in [5, 5.41) is 10.8. The minimum Gasteiger partial charge on any atom is -0.493 e. The summed E-state index contributed by atoms with van der Waals surface area (Å²) in [7, 11) is 0. The van der Waals surface area contributed by atoms with Crippen LogP contribution in [0.3, 0.4) is 0 Å². The highest BCUT2D eigenvalue weighted by Crippen LogP contribution is 2.41. The van der Waals surface area contributed by atoms with E-state index in [1.807, 2.05) is 11.8 Å². The highest BCUT2D eigenvalue weighted by molar-refractivity contribution is 7.99. The highest BCUT2D eigenvalue weighted by Gasteiger charge is 2.38. The molecule has 1 fully saturated rings. The first kappa shape index (κ1) is 14.3. The van der Waals surface area contributed by atoms with Crippen LogP contribution >= 0.6 is 11.8 Å². The molecule has 1 atom stereocenters. The molecule has 1 unspecified atom stereocenters. The van der Waals surface area contributed by atoms with Crippen molar-refractivity contribution in [1.29, 1.82) is 0 Å². The molecule has 0 saturated carbocycles. The Morgan fingerprint density at radius 1 is 1.30 bits per heavy atom. The van der Waals surface area contributed by atoms with Crippen molar-refractivity contribution in [2.75, 3.05) is 18.1 Å². The maximum absolute atomic E-state index is 10.8. The topological polar surface area (TPSA) is 29.5 Å². The van der Waals surface area contributed by atoms with E-state index >= 15 is 0 Å². The van der Waals surface area contributed by atoms with Crippen LogP contribution in [0.2, 0.25) is 0 Å². The van der Waals surface area contributed by atoms with E-state index < -0.39 is 5.60 Å². The molecule has 0 aromatic heterocycles. The Balaban J connectivity index is 1.64. The minimum atomic E-state index is -0.498. The molecule has 3 rings (SSSR count). The van der Waals surface area contributed by atoms with Crippen LogP contribution in [0.1, 0.15) is 37.8 Å². The van der Waals surface area contributed by atoms with Crippen molar-refractivity contribution >= 4 is 11.8 Å². The Bertz CT molecular complexity index is 498. The molecule has 0 amide bonds.